The molecule has 7 aromatic rings. The molecule has 0 N–H and O–H groups in total. The van der Waals surface area contributed by atoms with Crippen molar-refractivity contribution in [2.75, 3.05) is 0 Å². The van der Waals surface area contributed by atoms with Crippen LogP contribution in [0.4, 0.5) is 0 Å². The van der Waals surface area contributed by atoms with E-state index in [1.54, 1.807) is 0 Å². The number of aryl methyl sites for hydroxylation is 1. The summed E-state index contributed by atoms with van der Waals surface area (Å²) in [7, 11) is -3.15. The van der Waals surface area contributed by atoms with E-state index in [0.29, 0.717) is 0 Å². The van der Waals surface area contributed by atoms with Crippen LogP contribution in [0.15, 0.2) is 146 Å². The van der Waals surface area contributed by atoms with Crippen molar-refractivity contribution in [3.8, 4) is 39.1 Å². The highest BCUT2D eigenvalue weighted by atomic mass is 31.2. The zero-order valence-electron chi connectivity index (χ0n) is 23.8. The van der Waals surface area contributed by atoms with Gasteiger partial charge in [-0.15, -0.1) is 0 Å². The predicted octanol–water partition coefficient (Wildman–Crippen LogP) is 8.54. The maximum absolute atomic E-state index is 15.4. The van der Waals surface area contributed by atoms with Gasteiger partial charge in [-0.05, 0) is 75.8 Å². The highest BCUT2D eigenvalue weighted by Crippen LogP contribution is 2.50. The molecule has 8 rings (SSSR count). The number of benzene rings is 6. The van der Waals surface area contributed by atoms with Gasteiger partial charge in [-0.1, -0.05) is 110 Å². The Hall–Kier alpha value is -4.98. The van der Waals surface area contributed by atoms with Gasteiger partial charge in [-0.25, -0.2) is 4.98 Å². The van der Waals surface area contributed by atoms with Crippen LogP contribution in [0.1, 0.15) is 12.7 Å². The van der Waals surface area contributed by atoms with E-state index in [-0.39, 0.29) is 0 Å². The Morgan fingerprint density at radius 1 is 0.558 bits per heavy atom. The van der Waals surface area contributed by atoms with Crippen LogP contribution < -0.4 is 15.9 Å². The van der Waals surface area contributed by atoms with Gasteiger partial charge in [-0.2, -0.15) is 0 Å². The third-order valence-electron chi connectivity index (χ3n) is 8.54. The molecule has 0 amide bonds. The number of para-hydroxylation sites is 1. The summed E-state index contributed by atoms with van der Waals surface area (Å²) in [6, 6.07) is 50.3. The maximum Gasteiger partial charge on any atom is 0.175 e. The van der Waals surface area contributed by atoms with Gasteiger partial charge in [0.05, 0.1) is 16.7 Å². The van der Waals surface area contributed by atoms with E-state index >= 15 is 4.57 Å². The number of nitrogens with zero attached hydrogens (tertiary/aromatic N) is 2. The van der Waals surface area contributed by atoms with E-state index in [2.05, 4.69) is 109 Å². The van der Waals surface area contributed by atoms with E-state index in [0.717, 1.165) is 67.1 Å². The molecule has 0 fully saturated rings. The summed E-state index contributed by atoms with van der Waals surface area (Å²) in [6.07, 6.45) is 0.773. The lowest BCUT2D eigenvalue weighted by Crippen LogP contribution is -2.33. The van der Waals surface area contributed by atoms with Crippen LogP contribution in [0.25, 0.3) is 50.1 Å². The molecule has 6 aromatic carbocycles. The predicted molar refractivity (Wildman–Crippen MR) is 180 cm³/mol. The molecule has 3 nitrogen and oxygen atoms in total. The molecule has 1 aromatic heterocycles. The Bertz CT molecular complexity index is 2130. The molecule has 2 heterocycles. The summed E-state index contributed by atoms with van der Waals surface area (Å²) in [5, 5.41) is 2.57. The van der Waals surface area contributed by atoms with Gasteiger partial charge in [0.25, 0.3) is 0 Å². The fourth-order valence-electron chi connectivity index (χ4n) is 6.49. The number of aromatic nitrogens is 2. The highest BCUT2D eigenvalue weighted by Gasteiger charge is 2.39. The summed E-state index contributed by atoms with van der Waals surface area (Å²) in [5.41, 5.74) is 9.66. The van der Waals surface area contributed by atoms with Gasteiger partial charge < -0.3 is 4.57 Å². The Labute approximate surface area is 251 Å². The van der Waals surface area contributed by atoms with Crippen molar-refractivity contribution in [3.05, 3.63) is 151 Å². The van der Waals surface area contributed by atoms with Crippen LogP contribution in [-0.4, -0.2) is 9.55 Å². The van der Waals surface area contributed by atoms with E-state index < -0.39 is 7.14 Å². The molecule has 0 spiro atoms. The molecule has 4 heteroatoms. The Kier molecular flexibility index (Phi) is 6.03. The first-order valence-electron chi connectivity index (χ1n) is 14.7. The van der Waals surface area contributed by atoms with Crippen molar-refractivity contribution >= 4 is 34.1 Å². The number of hydrogen-bond acceptors (Lipinski definition) is 2. The normalized spacial score (nSPS) is 15.4. The highest BCUT2D eigenvalue weighted by molar-refractivity contribution is 7.86. The zero-order chi connectivity index (χ0) is 29.0. The molecule has 0 saturated carbocycles. The van der Waals surface area contributed by atoms with Gasteiger partial charge in [0.1, 0.15) is 5.82 Å². The van der Waals surface area contributed by atoms with Crippen molar-refractivity contribution in [2.24, 2.45) is 0 Å². The molecule has 43 heavy (non-hydrogen) atoms. The molecule has 0 aliphatic carbocycles. The van der Waals surface area contributed by atoms with E-state index in [1.165, 1.54) is 11.1 Å². The molecule has 1 unspecified atom stereocenters. The smallest absolute Gasteiger partial charge is 0.175 e. The largest absolute Gasteiger partial charge is 0.308 e. The van der Waals surface area contributed by atoms with Gasteiger partial charge in [0.15, 0.2) is 7.14 Å². The molecular weight excluding hydrogens is 543 g/mol. The minimum Gasteiger partial charge on any atom is -0.308 e. The molecule has 0 radical (unpaired) electrons. The second kappa shape index (κ2) is 10.1. The van der Waals surface area contributed by atoms with Gasteiger partial charge >= 0.3 is 0 Å². The quantitative estimate of drug-likeness (QED) is 0.194. The first-order chi connectivity index (χ1) is 21.1. The van der Waals surface area contributed by atoms with Crippen molar-refractivity contribution in [1.29, 1.82) is 0 Å². The van der Waals surface area contributed by atoms with Crippen LogP contribution in [0.5, 0.6) is 0 Å². The van der Waals surface area contributed by atoms with Crippen molar-refractivity contribution in [1.82, 2.24) is 9.55 Å². The third kappa shape index (κ3) is 4.04. The number of hydrogen-bond donors (Lipinski definition) is 0. The van der Waals surface area contributed by atoms with Gasteiger partial charge in [0.2, 0.25) is 0 Å². The molecular formula is C39H29N2OP. The Balaban J connectivity index is 1.41. The summed E-state index contributed by atoms with van der Waals surface area (Å²) in [6.45, 7) is 2.13. The lowest BCUT2D eigenvalue weighted by atomic mass is 9.93. The first-order valence-corrected chi connectivity index (χ1v) is 16.4. The van der Waals surface area contributed by atoms with Crippen molar-refractivity contribution in [2.45, 2.75) is 13.3 Å². The van der Waals surface area contributed by atoms with E-state index in [4.69, 9.17) is 4.98 Å². The molecule has 1 aliphatic rings. The third-order valence-corrected chi connectivity index (χ3v) is 11.7. The van der Waals surface area contributed by atoms with Gasteiger partial charge in [0, 0.05) is 22.3 Å². The fraction of sp³-hybridized carbons (Fsp3) is 0.0513. The van der Waals surface area contributed by atoms with Crippen molar-refractivity contribution in [3.63, 3.8) is 0 Å². The standard InChI is InChI=1S/C39H29N2OP/c1-2-38-40-34-19-12-20-37-39(34)41(38)35-26-29(21-22-36(35)43(37,42)33-17-10-5-11-18-33)32-24-30(27-13-6-3-7-14-27)23-31(25-32)28-15-8-4-9-16-28/h3-26H,2H2,1H3. The molecule has 206 valence electrons. The lowest BCUT2D eigenvalue weighted by molar-refractivity contribution is 0.592. The van der Waals surface area contributed by atoms with Crippen LogP contribution in [-0.2, 0) is 11.0 Å². The SMILES string of the molecule is CCc1nc2cccc3c2n1-c1cc(-c2cc(-c4ccccc4)cc(-c4ccccc4)c2)ccc1P3(=O)c1ccccc1. The number of fused-ring (bicyclic) bond motifs is 2. The van der Waals surface area contributed by atoms with Crippen molar-refractivity contribution < 1.29 is 4.57 Å². The first kappa shape index (κ1) is 25.7. The molecule has 0 bridgehead atoms. The van der Waals surface area contributed by atoms with Gasteiger partial charge in [-0.3, -0.25) is 4.57 Å². The summed E-state index contributed by atoms with van der Waals surface area (Å²) < 4.78 is 17.7. The average Bonchev–Trinajstić information content (AvgIpc) is 3.47. The summed E-state index contributed by atoms with van der Waals surface area (Å²) in [4.78, 5) is 5.01. The van der Waals surface area contributed by atoms with E-state index in [1.807, 2.05) is 48.5 Å². The number of imidazole rings is 1. The monoisotopic (exact) mass is 572 g/mol. The minimum absolute atomic E-state index is 0.773. The minimum atomic E-state index is -3.15. The van der Waals surface area contributed by atoms with Crippen LogP contribution >= 0.6 is 7.14 Å². The average molecular weight is 573 g/mol. The van der Waals surface area contributed by atoms with Crippen LogP contribution in [0, 0.1) is 0 Å². The number of rotatable bonds is 5. The van der Waals surface area contributed by atoms with Crippen LogP contribution in [0.2, 0.25) is 0 Å². The Morgan fingerprint density at radius 3 is 1.74 bits per heavy atom. The topological polar surface area (TPSA) is 34.9 Å². The fourth-order valence-corrected chi connectivity index (χ4v) is 9.48. The van der Waals surface area contributed by atoms with Crippen LogP contribution in [0.3, 0.4) is 0 Å². The Morgan fingerprint density at radius 2 is 1.14 bits per heavy atom. The lowest BCUT2D eigenvalue weighted by Gasteiger charge is -2.29. The summed E-state index contributed by atoms with van der Waals surface area (Å²) >= 11 is 0. The molecule has 1 aliphatic heterocycles. The second-order valence-electron chi connectivity index (χ2n) is 11.0. The maximum atomic E-state index is 15.4. The second-order valence-corrected chi connectivity index (χ2v) is 13.7. The molecule has 0 saturated heterocycles. The zero-order valence-corrected chi connectivity index (χ0v) is 24.7. The van der Waals surface area contributed by atoms with E-state index in [9.17, 15) is 0 Å². The summed E-state index contributed by atoms with van der Waals surface area (Å²) in [5.74, 6) is 0.975. The molecule has 1 atom stereocenters.